The molecule has 1 unspecified atom stereocenters. The van der Waals surface area contributed by atoms with Gasteiger partial charge in [-0.2, -0.15) is 11.8 Å². The second-order valence-electron chi connectivity index (χ2n) is 3.83. The lowest BCUT2D eigenvalue weighted by atomic mass is 10.2. The van der Waals surface area contributed by atoms with Crippen molar-refractivity contribution in [3.63, 3.8) is 0 Å². The minimum absolute atomic E-state index is 0.414. The Morgan fingerprint density at radius 2 is 2.21 bits per heavy atom. The molecule has 0 saturated heterocycles. The van der Waals surface area contributed by atoms with Crippen molar-refractivity contribution in [3.8, 4) is 0 Å². The Morgan fingerprint density at radius 3 is 2.71 bits per heavy atom. The lowest BCUT2D eigenvalue weighted by Crippen LogP contribution is -2.18. The van der Waals surface area contributed by atoms with Gasteiger partial charge in [0.15, 0.2) is 0 Å². The van der Waals surface area contributed by atoms with Crippen LogP contribution in [-0.2, 0) is 0 Å². The monoisotopic (exact) mass is 213 g/mol. The summed E-state index contributed by atoms with van der Waals surface area (Å²) in [4.78, 5) is 0. The van der Waals surface area contributed by atoms with E-state index < -0.39 is 0 Å². The van der Waals surface area contributed by atoms with Crippen LogP contribution in [0, 0.1) is 5.92 Å². The zero-order valence-corrected chi connectivity index (χ0v) is 9.93. The minimum Gasteiger partial charge on any atom is -0.472 e. The van der Waals surface area contributed by atoms with E-state index in [2.05, 4.69) is 19.2 Å². The van der Waals surface area contributed by atoms with Crippen LogP contribution in [0.4, 0.5) is 0 Å². The summed E-state index contributed by atoms with van der Waals surface area (Å²) in [5, 5.41) is 3.30. The Kier molecular flexibility index (Phi) is 5.12. The highest BCUT2D eigenvalue weighted by atomic mass is 32.2. The predicted molar refractivity (Wildman–Crippen MR) is 62.7 cm³/mol. The molecule has 0 amide bonds. The van der Waals surface area contributed by atoms with E-state index in [-0.39, 0.29) is 0 Å². The quantitative estimate of drug-likeness (QED) is 0.786. The first-order chi connectivity index (χ1) is 6.74. The van der Waals surface area contributed by atoms with Crippen LogP contribution < -0.4 is 5.32 Å². The van der Waals surface area contributed by atoms with E-state index in [1.165, 1.54) is 11.3 Å². The maximum atomic E-state index is 5.08. The minimum atomic E-state index is 0.414. The van der Waals surface area contributed by atoms with Gasteiger partial charge in [0.05, 0.1) is 12.5 Å². The van der Waals surface area contributed by atoms with E-state index in [9.17, 15) is 0 Å². The second kappa shape index (κ2) is 6.14. The molecule has 0 spiro atoms. The Labute approximate surface area is 90.5 Å². The first-order valence-corrected chi connectivity index (χ1v) is 6.16. The Morgan fingerprint density at radius 1 is 1.43 bits per heavy atom. The van der Waals surface area contributed by atoms with Crippen molar-refractivity contribution in [2.24, 2.45) is 5.92 Å². The third kappa shape index (κ3) is 3.76. The first kappa shape index (κ1) is 11.7. The molecule has 0 saturated carbocycles. The maximum Gasteiger partial charge on any atom is 0.0950 e. The summed E-state index contributed by atoms with van der Waals surface area (Å²) in [5.74, 6) is 3.09. The molecule has 0 fully saturated rings. The molecular weight excluding hydrogens is 194 g/mol. The van der Waals surface area contributed by atoms with Gasteiger partial charge in [0.25, 0.3) is 0 Å². The average Bonchev–Trinajstić information content (AvgIpc) is 2.64. The van der Waals surface area contributed by atoms with Crippen molar-refractivity contribution in [2.45, 2.75) is 19.9 Å². The zero-order chi connectivity index (χ0) is 10.4. The van der Waals surface area contributed by atoms with E-state index in [1.54, 1.807) is 6.26 Å². The molecule has 1 heterocycles. The predicted octanol–water partition coefficient (Wildman–Crippen LogP) is 2.93. The molecule has 0 aliphatic heterocycles. The summed E-state index contributed by atoms with van der Waals surface area (Å²) < 4.78 is 5.08. The van der Waals surface area contributed by atoms with Gasteiger partial charge in [-0.05, 0) is 24.8 Å². The number of rotatable bonds is 6. The van der Waals surface area contributed by atoms with Crippen molar-refractivity contribution in [1.82, 2.24) is 5.32 Å². The summed E-state index contributed by atoms with van der Waals surface area (Å²) in [6.07, 6.45) is 3.55. The van der Waals surface area contributed by atoms with Crippen molar-refractivity contribution in [3.05, 3.63) is 24.2 Å². The zero-order valence-electron chi connectivity index (χ0n) is 9.12. The molecule has 0 bridgehead atoms. The average molecular weight is 213 g/mol. The van der Waals surface area contributed by atoms with Gasteiger partial charge >= 0.3 is 0 Å². The molecule has 2 nitrogen and oxygen atoms in total. The van der Waals surface area contributed by atoms with Gasteiger partial charge < -0.3 is 9.73 Å². The highest BCUT2D eigenvalue weighted by Gasteiger charge is 2.10. The fraction of sp³-hybridized carbons (Fsp3) is 0.636. The summed E-state index contributed by atoms with van der Waals surface area (Å²) >= 11 is 1.99. The summed E-state index contributed by atoms with van der Waals surface area (Å²) in [6, 6.07) is 2.44. The molecule has 1 atom stereocenters. The second-order valence-corrected chi connectivity index (χ2v) is 4.90. The first-order valence-electron chi connectivity index (χ1n) is 5.01. The number of furan rings is 1. The molecule has 3 heteroatoms. The largest absolute Gasteiger partial charge is 0.472 e. The van der Waals surface area contributed by atoms with E-state index in [4.69, 9.17) is 4.42 Å². The van der Waals surface area contributed by atoms with Crippen LogP contribution in [0.1, 0.15) is 25.5 Å². The lowest BCUT2D eigenvalue weighted by molar-refractivity contribution is 0.554. The van der Waals surface area contributed by atoms with Crippen molar-refractivity contribution < 1.29 is 4.42 Å². The smallest absolute Gasteiger partial charge is 0.0950 e. The Balaban J connectivity index is 2.33. The lowest BCUT2D eigenvalue weighted by Gasteiger charge is -2.14. The van der Waals surface area contributed by atoms with E-state index in [1.807, 2.05) is 31.1 Å². The van der Waals surface area contributed by atoms with E-state index >= 15 is 0 Å². The molecule has 1 rings (SSSR count). The molecule has 0 aliphatic carbocycles. The highest BCUT2D eigenvalue weighted by molar-refractivity contribution is 7.99. The third-order valence-electron chi connectivity index (χ3n) is 2.03. The molecular formula is C11H19NOS. The standard InChI is InChI=1S/C11H19NOS/c1-9(2)7-14-8-11(12-3)10-4-5-13-6-10/h4-6,9,11-12H,7-8H2,1-3H3. The Hall–Kier alpha value is -0.410. The molecule has 1 aromatic rings. The van der Waals surface area contributed by atoms with Crippen LogP contribution in [0.3, 0.4) is 0 Å². The van der Waals surface area contributed by atoms with Crippen LogP contribution in [0.5, 0.6) is 0 Å². The molecule has 0 aliphatic rings. The number of thioether (sulfide) groups is 1. The molecule has 1 aromatic heterocycles. The topological polar surface area (TPSA) is 25.2 Å². The van der Waals surface area contributed by atoms with Crippen molar-refractivity contribution in [1.29, 1.82) is 0 Å². The van der Waals surface area contributed by atoms with Gasteiger partial charge in [-0.25, -0.2) is 0 Å². The maximum absolute atomic E-state index is 5.08. The fourth-order valence-electron chi connectivity index (χ4n) is 1.24. The summed E-state index contributed by atoms with van der Waals surface area (Å²) in [6.45, 7) is 4.50. The van der Waals surface area contributed by atoms with Gasteiger partial charge in [-0.1, -0.05) is 13.8 Å². The Bertz CT molecular complexity index is 233. The van der Waals surface area contributed by atoms with Crippen LogP contribution in [0.2, 0.25) is 0 Å². The SMILES string of the molecule is CNC(CSCC(C)C)c1ccoc1. The molecule has 0 radical (unpaired) electrons. The van der Waals surface area contributed by atoms with Gasteiger partial charge in [-0.15, -0.1) is 0 Å². The normalized spacial score (nSPS) is 13.4. The van der Waals surface area contributed by atoms with Crippen LogP contribution >= 0.6 is 11.8 Å². The van der Waals surface area contributed by atoms with Gasteiger partial charge in [0.1, 0.15) is 0 Å². The third-order valence-corrected chi connectivity index (χ3v) is 3.50. The number of nitrogens with one attached hydrogen (secondary N) is 1. The van der Waals surface area contributed by atoms with Crippen LogP contribution in [-0.4, -0.2) is 18.6 Å². The van der Waals surface area contributed by atoms with Crippen molar-refractivity contribution >= 4 is 11.8 Å². The van der Waals surface area contributed by atoms with Crippen LogP contribution in [0.25, 0.3) is 0 Å². The highest BCUT2D eigenvalue weighted by Crippen LogP contribution is 2.19. The van der Waals surface area contributed by atoms with Gasteiger partial charge in [0, 0.05) is 17.4 Å². The number of hydrogen-bond donors (Lipinski definition) is 1. The molecule has 0 aromatic carbocycles. The molecule has 14 heavy (non-hydrogen) atoms. The van der Waals surface area contributed by atoms with E-state index in [0.717, 1.165) is 11.7 Å². The number of hydrogen-bond acceptors (Lipinski definition) is 3. The van der Waals surface area contributed by atoms with Gasteiger partial charge in [0.2, 0.25) is 0 Å². The van der Waals surface area contributed by atoms with Crippen molar-refractivity contribution in [2.75, 3.05) is 18.6 Å². The van der Waals surface area contributed by atoms with E-state index in [0.29, 0.717) is 6.04 Å². The van der Waals surface area contributed by atoms with Crippen LogP contribution in [0.15, 0.2) is 23.0 Å². The molecule has 1 N–H and O–H groups in total. The molecule has 80 valence electrons. The fourth-order valence-corrected chi connectivity index (χ4v) is 2.44. The van der Waals surface area contributed by atoms with Gasteiger partial charge in [-0.3, -0.25) is 0 Å². The summed E-state index contributed by atoms with van der Waals surface area (Å²) in [7, 11) is 1.99. The summed E-state index contributed by atoms with van der Waals surface area (Å²) in [5.41, 5.74) is 1.24.